The summed E-state index contributed by atoms with van der Waals surface area (Å²) in [6, 6.07) is 0. The van der Waals surface area contributed by atoms with Crippen molar-refractivity contribution < 1.29 is 9.13 Å². The molecule has 17 heavy (non-hydrogen) atoms. The number of aryl methyl sites for hydroxylation is 1. The highest BCUT2D eigenvalue weighted by Crippen LogP contribution is 2.27. The van der Waals surface area contributed by atoms with Crippen LogP contribution in [0, 0.1) is 12.7 Å². The van der Waals surface area contributed by atoms with Crippen LogP contribution >= 0.6 is 0 Å². The van der Waals surface area contributed by atoms with Gasteiger partial charge in [-0.2, -0.15) is 9.37 Å². The summed E-state index contributed by atoms with van der Waals surface area (Å²) in [6.45, 7) is 1.91. The summed E-state index contributed by atoms with van der Waals surface area (Å²) in [6.07, 6.45) is 6.62. The maximum absolute atomic E-state index is 13.6. The predicted molar refractivity (Wildman–Crippen MR) is 62.2 cm³/mol. The van der Waals surface area contributed by atoms with Gasteiger partial charge in [0.25, 0.3) is 5.88 Å². The van der Waals surface area contributed by atoms with Crippen molar-refractivity contribution in [1.29, 1.82) is 0 Å². The monoisotopic (exact) mass is 239 g/mol. The van der Waals surface area contributed by atoms with Gasteiger partial charge in [-0.05, 0) is 19.8 Å². The fourth-order valence-corrected chi connectivity index (χ4v) is 2.15. The van der Waals surface area contributed by atoms with Crippen LogP contribution in [0.5, 0.6) is 5.88 Å². The molecule has 0 radical (unpaired) electrons. The summed E-state index contributed by atoms with van der Waals surface area (Å²) in [7, 11) is 0. The van der Waals surface area contributed by atoms with Crippen molar-refractivity contribution >= 4 is 0 Å². The van der Waals surface area contributed by atoms with Crippen molar-refractivity contribution in [3.63, 3.8) is 0 Å². The number of ether oxygens (including phenoxy) is 1. The van der Waals surface area contributed by atoms with Crippen LogP contribution in [0.25, 0.3) is 0 Å². The van der Waals surface area contributed by atoms with Crippen molar-refractivity contribution in [2.24, 2.45) is 5.73 Å². The Balaban J connectivity index is 1.99. The minimum Gasteiger partial charge on any atom is -0.474 e. The standard InChI is InChI=1S/C12H18FN3O/c1-9-10(13)11(16-8-15-9)17-7-12(14)5-3-2-4-6-12/h8H,2-7,14H2,1H3. The van der Waals surface area contributed by atoms with Gasteiger partial charge in [-0.3, -0.25) is 0 Å². The molecule has 1 fully saturated rings. The largest absolute Gasteiger partial charge is 0.474 e. The van der Waals surface area contributed by atoms with Gasteiger partial charge in [0.1, 0.15) is 12.9 Å². The van der Waals surface area contributed by atoms with E-state index in [0.29, 0.717) is 12.3 Å². The maximum atomic E-state index is 13.6. The van der Waals surface area contributed by atoms with E-state index >= 15 is 0 Å². The molecule has 1 aromatic heterocycles. The zero-order valence-corrected chi connectivity index (χ0v) is 10.1. The fourth-order valence-electron chi connectivity index (χ4n) is 2.15. The van der Waals surface area contributed by atoms with E-state index in [9.17, 15) is 4.39 Å². The molecular weight excluding hydrogens is 221 g/mol. The van der Waals surface area contributed by atoms with Crippen LogP contribution in [0.4, 0.5) is 4.39 Å². The van der Waals surface area contributed by atoms with Crippen LogP contribution in [-0.2, 0) is 0 Å². The quantitative estimate of drug-likeness (QED) is 0.876. The van der Waals surface area contributed by atoms with Crippen LogP contribution in [0.15, 0.2) is 6.33 Å². The zero-order valence-electron chi connectivity index (χ0n) is 10.1. The molecule has 1 aliphatic rings. The van der Waals surface area contributed by atoms with Gasteiger partial charge in [0, 0.05) is 0 Å². The molecule has 0 bridgehead atoms. The minimum atomic E-state index is -0.494. The first-order valence-electron chi connectivity index (χ1n) is 5.99. The third-order valence-corrected chi connectivity index (χ3v) is 3.28. The van der Waals surface area contributed by atoms with Gasteiger partial charge in [-0.25, -0.2) is 4.98 Å². The summed E-state index contributed by atoms with van der Waals surface area (Å²) >= 11 is 0. The summed E-state index contributed by atoms with van der Waals surface area (Å²) < 4.78 is 19.0. The Morgan fingerprint density at radius 2 is 2.06 bits per heavy atom. The second-order valence-corrected chi connectivity index (χ2v) is 4.79. The molecule has 0 spiro atoms. The van der Waals surface area contributed by atoms with Crippen LogP contribution in [0.1, 0.15) is 37.8 Å². The number of hydrogen-bond acceptors (Lipinski definition) is 4. The molecular formula is C12H18FN3O. The van der Waals surface area contributed by atoms with Gasteiger partial charge in [0.15, 0.2) is 0 Å². The molecule has 4 nitrogen and oxygen atoms in total. The first-order chi connectivity index (χ1) is 8.11. The van der Waals surface area contributed by atoms with Crippen molar-refractivity contribution in [3.05, 3.63) is 17.8 Å². The highest BCUT2D eigenvalue weighted by Gasteiger charge is 2.28. The third kappa shape index (κ3) is 2.91. The minimum absolute atomic E-state index is 0.00731. The summed E-state index contributed by atoms with van der Waals surface area (Å²) in [5.41, 5.74) is 6.17. The number of hydrogen-bond donors (Lipinski definition) is 1. The molecule has 2 N–H and O–H groups in total. The summed E-state index contributed by atoms with van der Waals surface area (Å²) in [5, 5.41) is 0. The summed E-state index contributed by atoms with van der Waals surface area (Å²) in [4.78, 5) is 7.54. The van der Waals surface area contributed by atoms with Crippen LogP contribution in [0.2, 0.25) is 0 Å². The number of nitrogens with zero attached hydrogens (tertiary/aromatic N) is 2. The normalized spacial score (nSPS) is 19.0. The Morgan fingerprint density at radius 3 is 2.76 bits per heavy atom. The predicted octanol–water partition coefficient (Wildman–Crippen LogP) is 1.96. The molecule has 0 amide bonds. The molecule has 1 heterocycles. The van der Waals surface area contributed by atoms with Gasteiger partial charge in [0.05, 0.1) is 11.2 Å². The van der Waals surface area contributed by atoms with Gasteiger partial charge in [-0.1, -0.05) is 19.3 Å². The van der Waals surface area contributed by atoms with E-state index in [1.54, 1.807) is 6.92 Å². The first kappa shape index (κ1) is 12.2. The summed E-state index contributed by atoms with van der Waals surface area (Å²) in [5.74, 6) is -0.486. The SMILES string of the molecule is Cc1ncnc(OCC2(N)CCCCC2)c1F. The first-order valence-corrected chi connectivity index (χ1v) is 5.99. The molecule has 5 heteroatoms. The van der Waals surface area contributed by atoms with Crippen LogP contribution < -0.4 is 10.5 Å². The lowest BCUT2D eigenvalue weighted by atomic mass is 9.83. The van der Waals surface area contributed by atoms with Crippen LogP contribution in [0.3, 0.4) is 0 Å². The smallest absolute Gasteiger partial charge is 0.253 e. The lowest BCUT2D eigenvalue weighted by Crippen LogP contribution is -2.47. The second-order valence-electron chi connectivity index (χ2n) is 4.79. The van der Waals surface area contributed by atoms with E-state index in [4.69, 9.17) is 10.5 Å². The second kappa shape index (κ2) is 4.96. The van der Waals surface area contributed by atoms with Gasteiger partial charge >= 0.3 is 0 Å². The molecule has 0 saturated heterocycles. The van der Waals surface area contributed by atoms with Crippen molar-refractivity contribution in [1.82, 2.24) is 9.97 Å². The lowest BCUT2D eigenvalue weighted by Gasteiger charge is -2.32. The van der Waals surface area contributed by atoms with E-state index in [1.165, 1.54) is 12.7 Å². The fraction of sp³-hybridized carbons (Fsp3) is 0.667. The van der Waals surface area contributed by atoms with E-state index in [2.05, 4.69) is 9.97 Å². The Morgan fingerprint density at radius 1 is 1.35 bits per heavy atom. The van der Waals surface area contributed by atoms with Gasteiger partial charge < -0.3 is 10.5 Å². The highest BCUT2D eigenvalue weighted by molar-refractivity contribution is 5.16. The van der Waals surface area contributed by atoms with Crippen molar-refractivity contribution in [2.75, 3.05) is 6.61 Å². The van der Waals surface area contributed by atoms with E-state index < -0.39 is 5.82 Å². The Labute approximate surface area is 100 Å². The van der Waals surface area contributed by atoms with E-state index in [0.717, 1.165) is 25.7 Å². The molecule has 0 atom stereocenters. The maximum Gasteiger partial charge on any atom is 0.253 e. The molecule has 0 unspecified atom stereocenters. The van der Waals surface area contributed by atoms with E-state index in [-0.39, 0.29) is 11.4 Å². The highest BCUT2D eigenvalue weighted by atomic mass is 19.1. The Bertz CT molecular complexity index is 391. The van der Waals surface area contributed by atoms with Crippen molar-refractivity contribution in [3.8, 4) is 5.88 Å². The number of halogens is 1. The topological polar surface area (TPSA) is 61.0 Å². The Hall–Kier alpha value is -1.23. The van der Waals surface area contributed by atoms with Crippen LogP contribution in [-0.4, -0.2) is 22.1 Å². The zero-order chi connectivity index (χ0) is 12.3. The van der Waals surface area contributed by atoms with E-state index in [1.807, 2.05) is 0 Å². The number of nitrogens with two attached hydrogens (primary N) is 1. The third-order valence-electron chi connectivity index (χ3n) is 3.28. The molecule has 2 rings (SSSR count). The number of aromatic nitrogens is 2. The molecule has 1 aliphatic carbocycles. The van der Waals surface area contributed by atoms with Gasteiger partial charge in [0.2, 0.25) is 5.82 Å². The molecule has 0 aromatic carbocycles. The average Bonchev–Trinajstić information content (AvgIpc) is 2.32. The number of rotatable bonds is 3. The molecule has 1 aromatic rings. The molecule has 0 aliphatic heterocycles. The lowest BCUT2D eigenvalue weighted by molar-refractivity contribution is 0.163. The molecule has 94 valence electrons. The van der Waals surface area contributed by atoms with Gasteiger partial charge in [-0.15, -0.1) is 0 Å². The Kier molecular flexibility index (Phi) is 3.57. The molecule has 1 saturated carbocycles. The average molecular weight is 239 g/mol. The van der Waals surface area contributed by atoms with Crippen molar-refractivity contribution in [2.45, 2.75) is 44.6 Å².